The molecule has 21 heavy (non-hydrogen) atoms. The topological polar surface area (TPSA) is 62.4 Å². The Morgan fingerprint density at radius 2 is 1.86 bits per heavy atom. The van der Waals surface area contributed by atoms with Gasteiger partial charge in [0.1, 0.15) is 0 Å². The van der Waals surface area contributed by atoms with Crippen LogP contribution in [0.5, 0.6) is 0 Å². The molecule has 0 aliphatic carbocycles. The monoisotopic (exact) mass is 481 g/mol. The van der Waals surface area contributed by atoms with Crippen molar-refractivity contribution in [3.05, 3.63) is 27.8 Å². The van der Waals surface area contributed by atoms with Crippen molar-refractivity contribution in [2.45, 2.75) is 9.96 Å². The summed E-state index contributed by atoms with van der Waals surface area (Å²) in [6.45, 7) is 0. The van der Waals surface area contributed by atoms with Gasteiger partial charge < -0.3 is 15.4 Å². The molecule has 1 rings (SSSR count). The molecule has 116 valence electrons. The average Bonchev–Trinajstić information content (AvgIpc) is 2.39. The van der Waals surface area contributed by atoms with Crippen molar-refractivity contribution in [3.63, 3.8) is 0 Å². The molecule has 0 aliphatic heterocycles. The van der Waals surface area contributed by atoms with Crippen LogP contribution in [-0.2, 0) is 4.74 Å². The first kappa shape index (κ1) is 18.8. The highest BCUT2D eigenvalue weighted by Gasteiger charge is 2.34. The maximum absolute atomic E-state index is 11.2. The number of nitrogens with one attached hydrogen (secondary N) is 3. The molecule has 1 aromatic carbocycles. The number of halogens is 4. The highest BCUT2D eigenvalue weighted by Crippen LogP contribution is 2.29. The second kappa shape index (κ2) is 8.42. The molecule has 0 fully saturated rings. The van der Waals surface area contributed by atoms with E-state index in [0.717, 1.165) is 9.26 Å². The summed E-state index contributed by atoms with van der Waals surface area (Å²) in [5.74, 6) is 0. The van der Waals surface area contributed by atoms with E-state index in [9.17, 15) is 4.79 Å². The number of alkyl carbamates (subject to hydrolysis) is 1. The molecular weight excluding hydrogens is 471 g/mol. The predicted molar refractivity (Wildman–Crippen MR) is 98.1 cm³/mol. The van der Waals surface area contributed by atoms with E-state index in [1.54, 1.807) is 0 Å². The fourth-order valence-electron chi connectivity index (χ4n) is 1.21. The maximum atomic E-state index is 11.2. The lowest BCUT2D eigenvalue weighted by molar-refractivity contribution is 0.166. The zero-order valence-electron chi connectivity index (χ0n) is 10.6. The van der Waals surface area contributed by atoms with Crippen LogP contribution < -0.4 is 16.0 Å². The molecule has 1 amide bonds. The van der Waals surface area contributed by atoms with Crippen LogP contribution in [0.1, 0.15) is 0 Å². The van der Waals surface area contributed by atoms with Crippen molar-refractivity contribution in [3.8, 4) is 0 Å². The van der Waals surface area contributed by atoms with Gasteiger partial charge in [-0.15, -0.1) is 0 Å². The molecular formula is C11H11Cl3IN3O2S. The normalized spacial score (nSPS) is 12.2. The zero-order chi connectivity index (χ0) is 16.0. The van der Waals surface area contributed by atoms with Crippen molar-refractivity contribution in [2.24, 2.45) is 0 Å². The smallest absolute Gasteiger partial charge is 0.408 e. The number of alkyl halides is 3. The third kappa shape index (κ3) is 7.05. The lowest BCUT2D eigenvalue weighted by Gasteiger charge is -2.27. The summed E-state index contributed by atoms with van der Waals surface area (Å²) < 4.78 is 3.73. The Kier molecular flexibility index (Phi) is 7.55. The summed E-state index contributed by atoms with van der Waals surface area (Å²) in [6.07, 6.45) is -1.81. The second-order valence-electron chi connectivity index (χ2n) is 3.72. The van der Waals surface area contributed by atoms with Gasteiger partial charge >= 0.3 is 6.09 Å². The fourth-order valence-corrected chi connectivity index (χ4v) is 2.13. The fraction of sp³-hybridized carbons (Fsp3) is 0.273. The molecule has 0 saturated heterocycles. The molecule has 1 aromatic rings. The molecule has 1 atom stereocenters. The quantitative estimate of drug-likeness (QED) is 0.266. The Morgan fingerprint density at radius 3 is 2.33 bits per heavy atom. The van der Waals surface area contributed by atoms with Crippen LogP contribution in [-0.4, -0.2) is 28.3 Å². The Morgan fingerprint density at radius 1 is 1.29 bits per heavy atom. The molecule has 0 bridgehead atoms. The minimum atomic E-state index is -1.81. The van der Waals surface area contributed by atoms with Gasteiger partial charge in [-0.25, -0.2) is 4.79 Å². The number of thiocarbonyl (C=S) groups is 1. The van der Waals surface area contributed by atoms with Gasteiger partial charge in [0.25, 0.3) is 0 Å². The number of hydrogen-bond donors (Lipinski definition) is 3. The predicted octanol–water partition coefficient (Wildman–Crippen LogP) is 3.63. The van der Waals surface area contributed by atoms with Crippen molar-refractivity contribution >= 4 is 86.5 Å². The molecule has 0 heterocycles. The minimum Gasteiger partial charge on any atom is -0.453 e. The first-order valence-corrected chi connectivity index (χ1v) is 8.08. The van der Waals surface area contributed by atoms with Crippen molar-refractivity contribution in [1.82, 2.24) is 10.6 Å². The molecule has 0 unspecified atom stereocenters. The number of rotatable bonds is 3. The number of carbonyl (C=O) groups excluding carboxylic acids is 1. The highest BCUT2D eigenvalue weighted by molar-refractivity contribution is 14.1. The summed E-state index contributed by atoms with van der Waals surface area (Å²) >= 11 is 24.6. The van der Waals surface area contributed by atoms with Gasteiger partial charge in [-0.05, 0) is 59.1 Å². The van der Waals surface area contributed by atoms with E-state index in [-0.39, 0.29) is 5.11 Å². The highest BCUT2D eigenvalue weighted by atomic mass is 127. The van der Waals surface area contributed by atoms with Crippen molar-refractivity contribution < 1.29 is 9.53 Å². The second-order valence-corrected chi connectivity index (χ2v) is 7.74. The van der Waals surface area contributed by atoms with Crippen LogP contribution in [0.25, 0.3) is 0 Å². The summed E-state index contributed by atoms with van der Waals surface area (Å²) in [6, 6.07) is 7.50. The number of hydrogen-bond acceptors (Lipinski definition) is 3. The first-order chi connectivity index (χ1) is 9.72. The van der Waals surface area contributed by atoms with Crippen molar-refractivity contribution in [1.29, 1.82) is 0 Å². The van der Waals surface area contributed by atoms with Crippen LogP contribution in [0.3, 0.4) is 0 Å². The molecule has 0 radical (unpaired) electrons. The van der Waals surface area contributed by atoms with E-state index in [1.165, 1.54) is 7.11 Å². The first-order valence-electron chi connectivity index (χ1n) is 5.46. The van der Waals surface area contributed by atoms with Gasteiger partial charge in [0, 0.05) is 9.26 Å². The molecule has 0 aliphatic rings. The summed E-state index contributed by atoms with van der Waals surface area (Å²) in [5, 5.41) is 8.13. The van der Waals surface area contributed by atoms with E-state index in [4.69, 9.17) is 47.0 Å². The Hall–Kier alpha value is -0.220. The number of amides is 1. The molecule has 10 heteroatoms. The van der Waals surface area contributed by atoms with Crippen LogP contribution in [0.4, 0.5) is 10.5 Å². The van der Waals surface area contributed by atoms with Gasteiger partial charge in [-0.3, -0.25) is 5.32 Å². The Bertz CT molecular complexity index is 510. The van der Waals surface area contributed by atoms with Gasteiger partial charge in [0.05, 0.1) is 7.11 Å². The van der Waals surface area contributed by atoms with Gasteiger partial charge in [-0.2, -0.15) is 0 Å². The summed E-state index contributed by atoms with van der Waals surface area (Å²) in [4.78, 5) is 11.2. The SMILES string of the molecule is COC(=O)N[C@@H](NC(=S)Nc1ccc(I)cc1)C(Cl)(Cl)Cl. The molecule has 0 saturated carbocycles. The zero-order valence-corrected chi connectivity index (χ0v) is 15.9. The summed E-state index contributed by atoms with van der Waals surface area (Å²) in [5.41, 5.74) is 0.758. The van der Waals surface area contributed by atoms with E-state index < -0.39 is 16.1 Å². The molecule has 3 N–H and O–H groups in total. The van der Waals surface area contributed by atoms with Crippen LogP contribution in [0.15, 0.2) is 24.3 Å². The van der Waals surface area contributed by atoms with E-state index in [2.05, 4.69) is 43.3 Å². The maximum Gasteiger partial charge on any atom is 0.408 e. The average molecular weight is 483 g/mol. The lowest BCUT2D eigenvalue weighted by atomic mass is 10.3. The van der Waals surface area contributed by atoms with Gasteiger partial charge in [0.2, 0.25) is 3.79 Å². The third-order valence-corrected chi connectivity index (χ3v) is 3.75. The van der Waals surface area contributed by atoms with E-state index in [0.29, 0.717) is 0 Å². The van der Waals surface area contributed by atoms with E-state index >= 15 is 0 Å². The van der Waals surface area contributed by atoms with Crippen LogP contribution >= 0.6 is 69.6 Å². The summed E-state index contributed by atoms with van der Waals surface area (Å²) in [7, 11) is 1.20. The Labute approximate surface area is 156 Å². The largest absolute Gasteiger partial charge is 0.453 e. The number of methoxy groups -OCH3 is 1. The number of carbonyl (C=O) groups is 1. The van der Waals surface area contributed by atoms with Crippen LogP contribution in [0.2, 0.25) is 0 Å². The molecule has 0 aromatic heterocycles. The van der Waals surface area contributed by atoms with Gasteiger partial charge in [-0.1, -0.05) is 34.8 Å². The van der Waals surface area contributed by atoms with Crippen LogP contribution in [0, 0.1) is 3.57 Å². The van der Waals surface area contributed by atoms with E-state index in [1.807, 2.05) is 24.3 Å². The standard InChI is InChI=1S/C11H11Cl3IN3O2S/c1-20-10(19)18-8(11(12,13)14)17-9(21)16-7-4-2-6(15)3-5-7/h2-5,8H,1H3,(H,18,19)(H2,16,17,21)/t8-/m1/s1. The number of anilines is 1. The molecule has 0 spiro atoms. The lowest BCUT2D eigenvalue weighted by Crippen LogP contribution is -2.56. The van der Waals surface area contributed by atoms with Gasteiger partial charge in [0.15, 0.2) is 11.3 Å². The number of ether oxygens (including phenoxy) is 1. The molecule has 5 nitrogen and oxygen atoms in total. The Balaban J connectivity index is 2.67. The third-order valence-electron chi connectivity index (χ3n) is 2.15. The van der Waals surface area contributed by atoms with Crippen molar-refractivity contribution in [2.75, 3.05) is 12.4 Å². The minimum absolute atomic E-state index is 0.184. The number of benzene rings is 1.